The highest BCUT2D eigenvalue weighted by molar-refractivity contribution is 7.98. The Labute approximate surface area is 274 Å². The molecule has 0 bridgehead atoms. The number of amides is 6. The molecule has 0 aliphatic rings. The van der Waals surface area contributed by atoms with Crippen LogP contribution < -0.4 is 38.1 Å². The molecule has 2 aromatic rings. The second-order valence-corrected chi connectivity index (χ2v) is 11.4. The predicted octanol–water partition coefficient (Wildman–Crippen LogP) is -0.927. The number of carbonyl (C=O) groups excluding carboxylic acids is 6. The maximum Gasteiger partial charge on any atom is 0.310 e. The van der Waals surface area contributed by atoms with Crippen molar-refractivity contribution in [3.05, 3.63) is 63.7 Å². The number of para-hydroxylation sites is 1. The number of nitrogens with one attached hydrogen (secondary N) is 5. The van der Waals surface area contributed by atoms with Crippen LogP contribution >= 0.6 is 11.8 Å². The van der Waals surface area contributed by atoms with Crippen LogP contribution in [-0.4, -0.2) is 88.2 Å². The zero-order valence-corrected chi connectivity index (χ0v) is 26.7. The molecule has 0 spiro atoms. The summed E-state index contributed by atoms with van der Waals surface area (Å²) in [5.41, 5.74) is 11.3. The molecule has 17 nitrogen and oxygen atoms in total. The van der Waals surface area contributed by atoms with E-state index in [0.29, 0.717) is 5.75 Å². The van der Waals surface area contributed by atoms with E-state index < -0.39 is 82.5 Å². The fraction of sp³-hybridized carbons (Fsp3) is 0.379. The highest BCUT2D eigenvalue weighted by atomic mass is 32.2. The molecule has 0 heterocycles. The van der Waals surface area contributed by atoms with Crippen LogP contribution in [0.1, 0.15) is 36.2 Å². The third-order valence-electron chi connectivity index (χ3n) is 6.72. The Bertz CT molecular complexity index is 1510. The van der Waals surface area contributed by atoms with Gasteiger partial charge in [0.05, 0.1) is 17.0 Å². The predicted molar refractivity (Wildman–Crippen MR) is 173 cm³/mol. The number of nitrogen functional groups attached to an aromatic ring is 1. The van der Waals surface area contributed by atoms with Crippen LogP contribution in [0.25, 0.3) is 0 Å². The summed E-state index contributed by atoms with van der Waals surface area (Å²) in [6.45, 7) is 2.23. The number of primary amides is 1. The number of nitro benzene ring substituents is 1. The minimum Gasteiger partial charge on any atom is -0.502 e. The van der Waals surface area contributed by atoms with Gasteiger partial charge in [0.15, 0.2) is 5.75 Å². The molecular weight excluding hydrogens is 636 g/mol. The van der Waals surface area contributed by atoms with Crippen molar-refractivity contribution in [2.24, 2.45) is 5.73 Å². The first-order valence-electron chi connectivity index (χ1n) is 14.2. The third kappa shape index (κ3) is 11.8. The first-order valence-corrected chi connectivity index (χ1v) is 15.6. The molecule has 2 rings (SSSR count). The molecule has 0 aromatic heterocycles. The standard InChI is InChI=1S/C29H38N8O9S/c1-15(33-27(42)16(2)34-28(43)18-6-4-5-7-19(18)30)26(41)32-14-24(39)35-20(10-11-47-3)29(44)36-21(25(31)40)12-17-8-9-23(38)22(13-17)37(45)46/h4-9,13,15-16,20-21,38H,10-12,14,30H2,1-3H3,(H2,31,40)(H,32,41)(H,33,42)(H,34,43)(H,35,39)(H,36,44)/t15-,16-,20-,21-/m0/s1. The number of thioether (sulfide) groups is 1. The summed E-state index contributed by atoms with van der Waals surface area (Å²) in [5.74, 6) is -4.55. The Hall–Kier alpha value is -5.39. The number of phenolic OH excluding ortho intramolecular Hbond substituents is 1. The van der Waals surface area contributed by atoms with Gasteiger partial charge in [-0.3, -0.25) is 38.9 Å². The number of phenols is 1. The SMILES string of the molecule is CSCC[C@H](NC(=O)CNC(=O)[C@H](C)NC(=O)[C@H](C)NC(=O)c1ccccc1N)C(=O)N[C@@H](Cc1ccc(O)c([N+](=O)[O-])c1)C(N)=O. The Kier molecular flexibility index (Phi) is 14.4. The number of nitro groups is 1. The van der Waals surface area contributed by atoms with Gasteiger partial charge < -0.3 is 43.2 Å². The molecule has 10 N–H and O–H groups in total. The maximum atomic E-state index is 13.1. The summed E-state index contributed by atoms with van der Waals surface area (Å²) < 4.78 is 0. The van der Waals surface area contributed by atoms with Gasteiger partial charge in [0.1, 0.15) is 24.2 Å². The van der Waals surface area contributed by atoms with Crippen LogP contribution in [0.15, 0.2) is 42.5 Å². The van der Waals surface area contributed by atoms with Crippen LogP contribution in [-0.2, 0) is 30.4 Å². The Balaban J connectivity index is 1.94. The minimum atomic E-state index is -1.30. The molecule has 254 valence electrons. The highest BCUT2D eigenvalue weighted by Gasteiger charge is 2.27. The van der Waals surface area contributed by atoms with Gasteiger partial charge in [-0.15, -0.1) is 0 Å². The molecule has 0 aliphatic carbocycles. The van der Waals surface area contributed by atoms with E-state index in [4.69, 9.17) is 11.5 Å². The molecule has 2 aromatic carbocycles. The lowest BCUT2D eigenvalue weighted by molar-refractivity contribution is -0.385. The van der Waals surface area contributed by atoms with Gasteiger partial charge in [-0.2, -0.15) is 11.8 Å². The molecule has 0 saturated carbocycles. The lowest BCUT2D eigenvalue weighted by Gasteiger charge is -2.22. The summed E-state index contributed by atoms with van der Waals surface area (Å²) in [6, 6.07) is 5.20. The van der Waals surface area contributed by atoms with Gasteiger partial charge in [0.2, 0.25) is 29.5 Å². The number of hydrogen-bond acceptors (Lipinski definition) is 11. The molecule has 0 aliphatic heterocycles. The van der Waals surface area contributed by atoms with E-state index in [-0.39, 0.29) is 29.7 Å². The average molecular weight is 675 g/mol. The first kappa shape index (κ1) is 37.8. The Morgan fingerprint density at radius 2 is 1.57 bits per heavy atom. The smallest absolute Gasteiger partial charge is 0.310 e. The lowest BCUT2D eigenvalue weighted by atomic mass is 10.0. The fourth-order valence-corrected chi connectivity index (χ4v) is 4.56. The van der Waals surface area contributed by atoms with Crippen molar-refractivity contribution in [1.82, 2.24) is 26.6 Å². The number of carbonyl (C=O) groups is 6. The molecule has 0 saturated heterocycles. The first-order chi connectivity index (χ1) is 22.1. The Morgan fingerprint density at radius 3 is 2.19 bits per heavy atom. The van der Waals surface area contributed by atoms with E-state index in [1.165, 1.54) is 43.8 Å². The van der Waals surface area contributed by atoms with Crippen molar-refractivity contribution in [2.45, 2.75) is 50.9 Å². The zero-order valence-electron chi connectivity index (χ0n) is 25.9. The van der Waals surface area contributed by atoms with Crippen molar-refractivity contribution in [2.75, 3.05) is 24.3 Å². The second kappa shape index (κ2) is 17.9. The molecule has 4 atom stereocenters. The van der Waals surface area contributed by atoms with E-state index in [0.717, 1.165) is 12.1 Å². The normalized spacial score (nSPS) is 13.2. The van der Waals surface area contributed by atoms with E-state index in [1.54, 1.807) is 18.4 Å². The number of hydrogen-bond donors (Lipinski definition) is 8. The van der Waals surface area contributed by atoms with Crippen molar-refractivity contribution in [3.8, 4) is 5.75 Å². The van der Waals surface area contributed by atoms with Gasteiger partial charge in [-0.25, -0.2) is 0 Å². The van der Waals surface area contributed by atoms with E-state index in [9.17, 15) is 44.0 Å². The monoisotopic (exact) mass is 674 g/mol. The van der Waals surface area contributed by atoms with Gasteiger partial charge in [0.25, 0.3) is 5.91 Å². The number of nitrogens with zero attached hydrogens (tertiary/aromatic N) is 1. The lowest BCUT2D eigenvalue weighted by Crippen LogP contribution is -2.55. The zero-order chi connectivity index (χ0) is 35.3. The van der Waals surface area contributed by atoms with E-state index in [2.05, 4.69) is 26.6 Å². The molecule has 47 heavy (non-hydrogen) atoms. The molecule has 0 fully saturated rings. The molecular formula is C29H38N8O9S. The van der Waals surface area contributed by atoms with Gasteiger partial charge in [-0.1, -0.05) is 18.2 Å². The van der Waals surface area contributed by atoms with Gasteiger partial charge in [0, 0.05) is 18.2 Å². The van der Waals surface area contributed by atoms with Crippen LogP contribution in [0.2, 0.25) is 0 Å². The van der Waals surface area contributed by atoms with Crippen molar-refractivity contribution >= 4 is 58.6 Å². The van der Waals surface area contributed by atoms with Crippen LogP contribution in [0, 0.1) is 10.1 Å². The Morgan fingerprint density at radius 1 is 0.915 bits per heavy atom. The minimum absolute atomic E-state index is 0.146. The van der Waals surface area contributed by atoms with Crippen LogP contribution in [0.4, 0.5) is 11.4 Å². The van der Waals surface area contributed by atoms with Crippen molar-refractivity contribution in [3.63, 3.8) is 0 Å². The molecule has 0 unspecified atom stereocenters. The quantitative estimate of drug-likeness (QED) is 0.0577. The molecule has 18 heteroatoms. The van der Waals surface area contributed by atoms with E-state index in [1.807, 2.05) is 0 Å². The number of rotatable bonds is 17. The number of aromatic hydroxyl groups is 1. The third-order valence-corrected chi connectivity index (χ3v) is 7.36. The topological polar surface area (TPSA) is 278 Å². The molecule has 6 amide bonds. The largest absolute Gasteiger partial charge is 0.502 e. The number of anilines is 1. The average Bonchev–Trinajstić information content (AvgIpc) is 3.01. The second-order valence-electron chi connectivity index (χ2n) is 10.4. The van der Waals surface area contributed by atoms with Gasteiger partial charge in [-0.05, 0) is 56.0 Å². The summed E-state index contributed by atoms with van der Waals surface area (Å²) in [5, 5.41) is 33.0. The van der Waals surface area contributed by atoms with E-state index >= 15 is 0 Å². The summed E-state index contributed by atoms with van der Waals surface area (Å²) >= 11 is 1.39. The highest BCUT2D eigenvalue weighted by Crippen LogP contribution is 2.26. The number of nitrogens with two attached hydrogens (primary N) is 2. The van der Waals surface area contributed by atoms with Gasteiger partial charge >= 0.3 is 5.69 Å². The van der Waals surface area contributed by atoms with Crippen molar-refractivity contribution < 1.29 is 38.8 Å². The number of benzene rings is 2. The summed E-state index contributed by atoms with van der Waals surface area (Å²) in [4.78, 5) is 85.7. The maximum absolute atomic E-state index is 13.1. The van der Waals surface area contributed by atoms with Crippen LogP contribution in [0.3, 0.4) is 0 Å². The van der Waals surface area contributed by atoms with Crippen LogP contribution in [0.5, 0.6) is 5.75 Å². The summed E-state index contributed by atoms with van der Waals surface area (Å²) in [7, 11) is 0. The summed E-state index contributed by atoms with van der Waals surface area (Å²) in [6.07, 6.45) is 1.70. The van der Waals surface area contributed by atoms with Crippen molar-refractivity contribution in [1.29, 1.82) is 0 Å². The fourth-order valence-electron chi connectivity index (χ4n) is 4.09. The molecule has 0 radical (unpaired) electrons.